The Balaban J connectivity index is 1.06. The molecule has 5 rings (SSSR count). The number of phosphoric acid groups is 2. The van der Waals surface area contributed by atoms with Crippen LogP contribution in [0.1, 0.15) is 35.8 Å². The van der Waals surface area contributed by atoms with Crippen LogP contribution in [0.4, 0.5) is 17.3 Å². The number of benzene rings is 2. The summed E-state index contributed by atoms with van der Waals surface area (Å²) in [6.07, 6.45) is -4.99. The molecule has 0 spiro atoms. The molecule has 1 fully saturated rings. The number of rotatable bonds is 17. The van der Waals surface area contributed by atoms with E-state index in [-0.39, 0.29) is 59.5 Å². The van der Waals surface area contributed by atoms with E-state index < -0.39 is 64.9 Å². The maximum absolute atomic E-state index is 12.7. The smallest absolute Gasteiger partial charge is 0.481 e. The van der Waals surface area contributed by atoms with E-state index in [0.717, 1.165) is 10.9 Å². The molecule has 2 aromatic carbocycles. The number of H-pyrrole nitrogens is 1. The Hall–Kier alpha value is -4.73. The number of nitrogens with zero attached hydrogens (tertiary/aromatic N) is 3. The number of amides is 2. The Labute approximate surface area is 305 Å². The molecule has 0 radical (unpaired) electrons. The third-order valence-electron chi connectivity index (χ3n) is 7.80. The van der Waals surface area contributed by atoms with Gasteiger partial charge in [0.1, 0.15) is 29.8 Å². The summed E-state index contributed by atoms with van der Waals surface area (Å²) in [6.45, 7) is -1.37. The highest BCUT2D eigenvalue weighted by Gasteiger charge is 2.46. The molecule has 6 atom stereocenters. The maximum atomic E-state index is 12.7. The van der Waals surface area contributed by atoms with Gasteiger partial charge < -0.3 is 50.6 Å². The van der Waals surface area contributed by atoms with Gasteiger partial charge in [0.25, 0.3) is 11.5 Å². The monoisotopic (exact) mass is 797 g/mol. The molecular weight excluding hydrogens is 760 g/mol. The normalized spacial score (nSPS) is 20.6. The van der Waals surface area contributed by atoms with Crippen molar-refractivity contribution in [2.45, 2.75) is 43.8 Å². The predicted octanol–water partition coefficient (Wildman–Crippen LogP) is 1.65. The van der Waals surface area contributed by atoms with E-state index >= 15 is 0 Å². The zero-order valence-corrected chi connectivity index (χ0v) is 30.3. The van der Waals surface area contributed by atoms with Crippen LogP contribution in [0.25, 0.3) is 11.2 Å². The van der Waals surface area contributed by atoms with Gasteiger partial charge in [-0.25, -0.2) is 14.1 Å². The summed E-state index contributed by atoms with van der Waals surface area (Å²) < 4.78 is 56.0. The fourth-order valence-electron chi connectivity index (χ4n) is 5.23. The molecule has 24 heteroatoms. The summed E-state index contributed by atoms with van der Waals surface area (Å²) in [6, 6.07) is 11.4. The number of nitrogens with two attached hydrogens (primary N) is 1. The molecule has 54 heavy (non-hydrogen) atoms. The van der Waals surface area contributed by atoms with Crippen molar-refractivity contribution in [1.82, 2.24) is 19.5 Å². The van der Waals surface area contributed by atoms with Gasteiger partial charge >= 0.3 is 15.6 Å². The third-order valence-corrected chi connectivity index (χ3v) is 10.4. The molecule has 1 aliphatic rings. The molecule has 3 heterocycles. The molecule has 4 aromatic rings. The molecule has 0 saturated carbocycles. The van der Waals surface area contributed by atoms with E-state index in [4.69, 9.17) is 29.0 Å². The largest absolute Gasteiger partial charge is 0.494 e. The van der Waals surface area contributed by atoms with Crippen LogP contribution in [0.2, 0.25) is 0 Å². The number of methoxy groups -OCH3 is 2. The van der Waals surface area contributed by atoms with Gasteiger partial charge in [-0.2, -0.15) is 9.29 Å². The average Bonchev–Trinajstić information content (AvgIpc) is 3.67. The molecule has 292 valence electrons. The molecule has 0 bridgehead atoms. The number of aromatic amines is 1. The van der Waals surface area contributed by atoms with Crippen molar-refractivity contribution >= 4 is 55.9 Å². The highest BCUT2D eigenvalue weighted by molar-refractivity contribution is 7.61. The Morgan fingerprint density at radius 3 is 2.30 bits per heavy atom. The Bertz CT molecular complexity index is 2130. The van der Waals surface area contributed by atoms with Crippen molar-refractivity contribution in [1.29, 1.82) is 0 Å². The van der Waals surface area contributed by atoms with E-state index in [2.05, 4.69) is 29.9 Å². The lowest BCUT2D eigenvalue weighted by molar-refractivity contribution is -0.116. The summed E-state index contributed by atoms with van der Waals surface area (Å²) in [4.78, 5) is 67.5. The summed E-state index contributed by atoms with van der Waals surface area (Å²) in [7, 11) is -7.73. The number of hydrogen-bond acceptors (Lipinski definition) is 16. The van der Waals surface area contributed by atoms with Crippen LogP contribution < -0.4 is 31.4 Å². The van der Waals surface area contributed by atoms with E-state index in [1.54, 1.807) is 30.3 Å². The quantitative estimate of drug-likeness (QED) is 0.0556. The van der Waals surface area contributed by atoms with Crippen LogP contribution in [0, 0.1) is 0 Å². The first kappa shape index (κ1) is 40.5. The maximum Gasteiger partial charge on any atom is 0.481 e. The SMILES string of the molecule is COc1cc(NC(=O)c2ccccc2)c(OC)cc1NC(=O)CCCCOP(=O)(O)OP(=O)(O)OC[C@H]1O[C@@H](n2cnc3c(=O)[nH]c(N)nc32)[C@H](O)[C@@H]1O. The van der Waals surface area contributed by atoms with Gasteiger partial charge in [0.05, 0.1) is 45.1 Å². The predicted molar refractivity (Wildman–Crippen MR) is 188 cm³/mol. The standard InChI is InChI=1S/C30H37N7O15P2/c1-47-19-13-18(34-27(41)16-8-4-3-5-9-16)20(48-2)12-17(19)33-22(38)10-6-7-11-49-53(43,44)52-54(45,46)50-14-21-24(39)25(40)29(51-21)37-15-32-23-26(37)35-30(31)36-28(23)42/h3-5,8-9,12-13,15,21,24-25,29,39-40H,6-7,10-11,14H2,1-2H3,(H,33,38)(H,34,41)(H,43,44)(H,45,46)(H3,31,35,36,42)/t21-,24-,25-,29-/m1/s1. The second-order valence-corrected chi connectivity index (χ2v) is 14.6. The first-order chi connectivity index (χ1) is 25.6. The Morgan fingerprint density at radius 1 is 0.981 bits per heavy atom. The number of anilines is 3. The highest BCUT2D eigenvalue weighted by atomic mass is 31.3. The number of imidazole rings is 1. The van der Waals surface area contributed by atoms with Gasteiger partial charge in [0.2, 0.25) is 11.9 Å². The van der Waals surface area contributed by atoms with Crippen molar-refractivity contribution in [3.05, 3.63) is 64.7 Å². The highest BCUT2D eigenvalue weighted by Crippen LogP contribution is 2.60. The number of nitrogens with one attached hydrogen (secondary N) is 3. The molecule has 2 amide bonds. The van der Waals surface area contributed by atoms with Crippen molar-refractivity contribution in [2.75, 3.05) is 43.8 Å². The Kier molecular flexibility index (Phi) is 12.9. The van der Waals surface area contributed by atoms with Gasteiger partial charge in [-0.1, -0.05) is 18.2 Å². The van der Waals surface area contributed by atoms with Crippen LogP contribution in [-0.2, 0) is 32.0 Å². The lowest BCUT2D eigenvalue weighted by Crippen LogP contribution is -2.33. The number of unbranched alkanes of at least 4 members (excludes halogenated alkanes) is 1. The second kappa shape index (κ2) is 17.2. The number of carbonyl (C=O) groups is 2. The molecule has 1 saturated heterocycles. The van der Waals surface area contributed by atoms with E-state index in [1.165, 1.54) is 26.4 Å². The second-order valence-electron chi connectivity index (χ2n) is 11.5. The molecular formula is C30H37N7O15P2. The summed E-state index contributed by atoms with van der Waals surface area (Å²) in [5, 5.41) is 26.4. The summed E-state index contributed by atoms with van der Waals surface area (Å²) in [5.41, 5.74) is 5.65. The molecule has 9 N–H and O–H groups in total. The molecule has 22 nitrogen and oxygen atoms in total. The summed E-state index contributed by atoms with van der Waals surface area (Å²) >= 11 is 0. The van der Waals surface area contributed by atoms with E-state index in [0.29, 0.717) is 11.3 Å². The van der Waals surface area contributed by atoms with Crippen molar-refractivity contribution in [2.24, 2.45) is 0 Å². The lowest BCUT2D eigenvalue weighted by Gasteiger charge is -2.19. The van der Waals surface area contributed by atoms with Crippen LogP contribution in [0.15, 0.2) is 53.6 Å². The molecule has 1 aliphatic heterocycles. The minimum Gasteiger partial charge on any atom is -0.494 e. The number of aliphatic hydroxyl groups is 2. The zero-order chi connectivity index (χ0) is 39.2. The first-order valence-corrected chi connectivity index (χ1v) is 18.9. The van der Waals surface area contributed by atoms with E-state index in [9.17, 15) is 43.5 Å². The van der Waals surface area contributed by atoms with Crippen molar-refractivity contribution < 1.29 is 66.3 Å². The van der Waals surface area contributed by atoms with Crippen LogP contribution in [-0.4, -0.2) is 97.1 Å². The van der Waals surface area contributed by atoms with Crippen molar-refractivity contribution in [3.63, 3.8) is 0 Å². The average molecular weight is 798 g/mol. The van der Waals surface area contributed by atoms with E-state index in [1.807, 2.05) is 0 Å². The molecule has 0 aliphatic carbocycles. The number of hydrogen-bond donors (Lipinski definition) is 8. The summed E-state index contributed by atoms with van der Waals surface area (Å²) in [5.74, 6) is -0.640. The molecule has 2 aromatic heterocycles. The number of phosphoric ester groups is 2. The fraction of sp³-hybridized carbons (Fsp3) is 0.367. The topological polar surface area (TPSA) is 318 Å². The Morgan fingerprint density at radius 2 is 1.63 bits per heavy atom. The van der Waals surface area contributed by atoms with Crippen LogP contribution in [0.3, 0.4) is 0 Å². The van der Waals surface area contributed by atoms with Gasteiger partial charge in [-0.3, -0.25) is 33.0 Å². The number of aromatic nitrogens is 4. The van der Waals surface area contributed by atoms with Gasteiger partial charge in [-0.15, -0.1) is 0 Å². The number of fused-ring (bicyclic) bond motifs is 1. The minimum atomic E-state index is -5.31. The van der Waals surface area contributed by atoms with Gasteiger partial charge in [-0.05, 0) is 25.0 Å². The number of carbonyl (C=O) groups excluding carboxylic acids is 2. The number of ether oxygens (including phenoxy) is 3. The van der Waals surface area contributed by atoms with Crippen molar-refractivity contribution in [3.8, 4) is 11.5 Å². The van der Waals surface area contributed by atoms with Crippen LogP contribution >= 0.6 is 15.6 Å². The third kappa shape index (κ3) is 9.87. The van der Waals surface area contributed by atoms with Gasteiger partial charge in [0, 0.05) is 24.1 Å². The molecule has 2 unspecified atom stereocenters. The van der Waals surface area contributed by atoms with Crippen LogP contribution in [0.5, 0.6) is 11.5 Å². The fourth-order valence-corrected chi connectivity index (χ4v) is 7.34. The number of nitrogen functional groups attached to an aromatic ring is 1. The lowest BCUT2D eigenvalue weighted by atomic mass is 10.1. The first-order valence-electron chi connectivity index (χ1n) is 15.9. The zero-order valence-electron chi connectivity index (χ0n) is 28.6. The number of aliphatic hydroxyl groups excluding tert-OH is 2. The minimum absolute atomic E-state index is 0.0412. The van der Waals surface area contributed by atoms with Gasteiger partial charge in [0.15, 0.2) is 17.4 Å².